The van der Waals surface area contributed by atoms with Gasteiger partial charge in [-0.15, -0.1) is 0 Å². The summed E-state index contributed by atoms with van der Waals surface area (Å²) >= 11 is 0. The summed E-state index contributed by atoms with van der Waals surface area (Å²) in [5, 5.41) is 12.1. The van der Waals surface area contributed by atoms with Gasteiger partial charge < -0.3 is 14.6 Å². The number of amides is 1. The lowest BCUT2D eigenvalue weighted by molar-refractivity contribution is -0.119. The van der Waals surface area contributed by atoms with Crippen LogP contribution in [-0.2, 0) is 4.79 Å². The van der Waals surface area contributed by atoms with Gasteiger partial charge in [-0.25, -0.2) is 4.68 Å². The predicted molar refractivity (Wildman–Crippen MR) is 127 cm³/mol. The van der Waals surface area contributed by atoms with Crippen LogP contribution in [0.4, 0.5) is 5.69 Å². The van der Waals surface area contributed by atoms with Gasteiger partial charge >= 0.3 is 0 Å². The first-order chi connectivity index (χ1) is 15.8. The molecular formula is C25H26N4O4. The number of rotatable bonds is 6. The number of methoxy groups -OCH3 is 1. The van der Waals surface area contributed by atoms with E-state index in [4.69, 9.17) is 9.26 Å². The lowest BCUT2D eigenvalue weighted by atomic mass is 10.1. The van der Waals surface area contributed by atoms with Gasteiger partial charge in [0.2, 0.25) is 5.91 Å². The smallest absolute Gasteiger partial charge is 0.297 e. The van der Waals surface area contributed by atoms with Crippen molar-refractivity contribution < 1.29 is 14.1 Å². The summed E-state index contributed by atoms with van der Waals surface area (Å²) in [6, 6.07) is 12.3. The molecule has 170 valence electrons. The zero-order valence-corrected chi connectivity index (χ0v) is 19.3. The Morgan fingerprint density at radius 1 is 1.18 bits per heavy atom. The first-order valence-corrected chi connectivity index (χ1v) is 10.7. The molecule has 8 heteroatoms. The van der Waals surface area contributed by atoms with Crippen molar-refractivity contribution in [2.24, 2.45) is 0 Å². The third-order valence-corrected chi connectivity index (χ3v) is 5.70. The maximum atomic E-state index is 13.3. The number of benzene rings is 2. The van der Waals surface area contributed by atoms with Crippen LogP contribution in [0, 0.1) is 20.8 Å². The highest BCUT2D eigenvalue weighted by molar-refractivity contribution is 5.96. The first-order valence-electron chi connectivity index (χ1n) is 10.7. The van der Waals surface area contributed by atoms with Crippen LogP contribution in [0.3, 0.4) is 0 Å². The van der Waals surface area contributed by atoms with Gasteiger partial charge in [-0.2, -0.15) is 5.10 Å². The Labute approximate surface area is 191 Å². The van der Waals surface area contributed by atoms with Crippen LogP contribution in [0.5, 0.6) is 5.75 Å². The standard InChI is InChI=1S/C25H26N4O4/c1-6-20(24(30)26-19-12-14(2)10-11-15(19)3)29-25(31)23-21(16(4)33-28-23)22(27-29)17-8-7-9-18(13-17)32-5/h7-13,20H,6H2,1-5H3,(H,26,30)/t20-/m1/s1. The fraction of sp³-hybridized carbons (Fsp3) is 0.280. The van der Waals surface area contributed by atoms with Crippen molar-refractivity contribution in [1.29, 1.82) is 0 Å². The van der Waals surface area contributed by atoms with Crippen molar-refractivity contribution in [3.8, 4) is 17.0 Å². The molecule has 4 rings (SSSR count). The van der Waals surface area contributed by atoms with Crippen molar-refractivity contribution in [2.45, 2.75) is 40.2 Å². The summed E-state index contributed by atoms with van der Waals surface area (Å²) in [7, 11) is 1.58. The molecule has 2 heterocycles. The Bertz CT molecular complexity index is 1400. The van der Waals surface area contributed by atoms with Gasteiger partial charge in [0, 0.05) is 11.3 Å². The normalized spacial score (nSPS) is 12.0. The molecule has 1 amide bonds. The van der Waals surface area contributed by atoms with Crippen LogP contribution in [-0.4, -0.2) is 28.0 Å². The topological polar surface area (TPSA) is 99.2 Å². The van der Waals surface area contributed by atoms with Crippen molar-refractivity contribution >= 4 is 22.5 Å². The highest BCUT2D eigenvalue weighted by Gasteiger charge is 2.26. The van der Waals surface area contributed by atoms with Crippen LogP contribution in [0.1, 0.15) is 36.3 Å². The number of ether oxygens (including phenoxy) is 1. The highest BCUT2D eigenvalue weighted by Crippen LogP contribution is 2.30. The summed E-state index contributed by atoms with van der Waals surface area (Å²) in [4.78, 5) is 26.6. The Hall–Kier alpha value is -3.94. The van der Waals surface area contributed by atoms with Gasteiger partial charge in [-0.3, -0.25) is 9.59 Å². The van der Waals surface area contributed by atoms with E-state index in [-0.39, 0.29) is 11.4 Å². The molecule has 0 spiro atoms. The third-order valence-electron chi connectivity index (χ3n) is 5.70. The molecule has 2 aromatic carbocycles. The maximum Gasteiger partial charge on any atom is 0.297 e. The first kappa shape index (κ1) is 22.3. The van der Waals surface area contributed by atoms with Crippen LogP contribution in [0.25, 0.3) is 22.2 Å². The molecule has 2 aromatic heterocycles. The van der Waals surface area contributed by atoms with E-state index in [2.05, 4.69) is 15.6 Å². The molecule has 0 aliphatic rings. The van der Waals surface area contributed by atoms with Gasteiger partial charge in [0.25, 0.3) is 5.56 Å². The zero-order valence-electron chi connectivity index (χ0n) is 19.3. The van der Waals surface area contributed by atoms with Crippen LogP contribution >= 0.6 is 0 Å². The number of aromatic nitrogens is 3. The van der Waals surface area contributed by atoms with Crippen molar-refractivity contribution in [2.75, 3.05) is 12.4 Å². The molecule has 8 nitrogen and oxygen atoms in total. The summed E-state index contributed by atoms with van der Waals surface area (Å²) in [6.07, 6.45) is 0.365. The van der Waals surface area contributed by atoms with E-state index < -0.39 is 11.6 Å². The second kappa shape index (κ2) is 8.90. The van der Waals surface area contributed by atoms with Crippen molar-refractivity contribution in [3.63, 3.8) is 0 Å². The quantitative estimate of drug-likeness (QED) is 0.466. The number of carbonyl (C=O) groups excluding carboxylic acids is 1. The summed E-state index contributed by atoms with van der Waals surface area (Å²) in [5.74, 6) is 0.804. The minimum atomic E-state index is -0.830. The molecule has 1 atom stereocenters. The minimum Gasteiger partial charge on any atom is -0.497 e. The summed E-state index contributed by atoms with van der Waals surface area (Å²) < 4.78 is 11.9. The molecule has 0 saturated heterocycles. The Morgan fingerprint density at radius 2 is 1.97 bits per heavy atom. The van der Waals surface area contributed by atoms with Gasteiger partial charge in [-0.05, 0) is 56.5 Å². The molecule has 1 N–H and O–H groups in total. The van der Waals surface area contributed by atoms with Gasteiger partial charge in [0.05, 0.1) is 12.5 Å². The van der Waals surface area contributed by atoms with Gasteiger partial charge in [0.1, 0.15) is 23.2 Å². The monoisotopic (exact) mass is 446 g/mol. The zero-order chi connectivity index (χ0) is 23.7. The number of hydrogen-bond donors (Lipinski definition) is 1. The number of nitrogens with zero attached hydrogens (tertiary/aromatic N) is 3. The van der Waals surface area contributed by atoms with E-state index in [0.717, 1.165) is 16.7 Å². The molecule has 33 heavy (non-hydrogen) atoms. The fourth-order valence-corrected chi connectivity index (χ4v) is 3.85. The SMILES string of the molecule is CC[C@H](C(=O)Nc1cc(C)ccc1C)n1nc(-c2cccc(OC)c2)c2c(C)onc2c1=O. The summed E-state index contributed by atoms with van der Waals surface area (Å²) in [5.41, 5.74) is 3.56. The molecule has 0 aliphatic heterocycles. The molecule has 0 unspecified atom stereocenters. The largest absolute Gasteiger partial charge is 0.497 e. The van der Waals surface area contributed by atoms with Crippen molar-refractivity contribution in [3.05, 3.63) is 69.7 Å². The van der Waals surface area contributed by atoms with Crippen LogP contribution in [0.2, 0.25) is 0 Å². The lowest BCUT2D eigenvalue weighted by Crippen LogP contribution is -2.35. The van der Waals surface area contributed by atoms with Crippen molar-refractivity contribution in [1.82, 2.24) is 14.9 Å². The molecule has 0 saturated carbocycles. The average Bonchev–Trinajstić information content (AvgIpc) is 3.20. The Balaban J connectivity index is 1.85. The third kappa shape index (κ3) is 4.11. The number of nitrogens with one attached hydrogen (secondary N) is 1. The molecule has 0 fully saturated rings. The van der Waals surface area contributed by atoms with E-state index in [9.17, 15) is 9.59 Å². The Kier molecular flexibility index (Phi) is 6.00. The molecule has 0 aliphatic carbocycles. The maximum absolute atomic E-state index is 13.3. The van der Waals surface area contributed by atoms with E-state index in [1.165, 1.54) is 4.68 Å². The van der Waals surface area contributed by atoms with Gasteiger partial charge in [-0.1, -0.05) is 36.3 Å². The number of fused-ring (bicyclic) bond motifs is 1. The molecule has 0 radical (unpaired) electrons. The second-order valence-corrected chi connectivity index (χ2v) is 8.02. The number of aryl methyl sites for hydroxylation is 3. The Morgan fingerprint density at radius 3 is 2.70 bits per heavy atom. The highest BCUT2D eigenvalue weighted by atomic mass is 16.5. The minimum absolute atomic E-state index is 0.137. The summed E-state index contributed by atoms with van der Waals surface area (Å²) in [6.45, 7) is 7.45. The predicted octanol–water partition coefficient (Wildman–Crippen LogP) is 4.58. The lowest BCUT2D eigenvalue weighted by Gasteiger charge is -2.19. The number of hydrogen-bond acceptors (Lipinski definition) is 6. The fourth-order valence-electron chi connectivity index (χ4n) is 3.85. The van der Waals surface area contributed by atoms with E-state index in [1.54, 1.807) is 14.0 Å². The van der Waals surface area contributed by atoms with Gasteiger partial charge in [0.15, 0.2) is 5.52 Å². The molecule has 0 bridgehead atoms. The number of carbonyl (C=O) groups is 1. The van der Waals surface area contributed by atoms with Crippen LogP contribution in [0.15, 0.2) is 51.8 Å². The van der Waals surface area contributed by atoms with E-state index in [0.29, 0.717) is 34.7 Å². The number of anilines is 1. The van der Waals surface area contributed by atoms with E-state index in [1.807, 2.05) is 63.2 Å². The second-order valence-electron chi connectivity index (χ2n) is 8.02. The molecule has 4 aromatic rings. The van der Waals surface area contributed by atoms with Crippen LogP contribution < -0.4 is 15.6 Å². The average molecular weight is 447 g/mol. The van der Waals surface area contributed by atoms with E-state index >= 15 is 0 Å². The molecular weight excluding hydrogens is 420 g/mol.